The molecule has 0 spiro atoms. The second-order valence-electron chi connectivity index (χ2n) is 4.55. The first-order valence-corrected chi connectivity index (χ1v) is 6.69. The lowest BCUT2D eigenvalue weighted by atomic mass is 10.1. The smallest absolute Gasteiger partial charge is 0.227 e. The highest BCUT2D eigenvalue weighted by atomic mass is 35.5. The maximum atomic E-state index is 6.10. The van der Waals surface area contributed by atoms with Gasteiger partial charge in [-0.2, -0.15) is 0 Å². The molecular formula is C14H14Cl2N2O. The van der Waals surface area contributed by atoms with Crippen molar-refractivity contribution in [2.45, 2.75) is 26.7 Å². The van der Waals surface area contributed by atoms with Crippen LogP contribution in [0, 0.1) is 6.92 Å². The number of ether oxygens (including phenoxy) is 1. The summed E-state index contributed by atoms with van der Waals surface area (Å²) in [7, 11) is 0. The van der Waals surface area contributed by atoms with Gasteiger partial charge in [-0.3, -0.25) is 0 Å². The molecule has 0 aliphatic carbocycles. The first-order chi connectivity index (χ1) is 8.99. The maximum Gasteiger partial charge on any atom is 0.227 e. The largest absolute Gasteiger partial charge is 0.438 e. The number of halogens is 2. The van der Waals surface area contributed by atoms with Crippen LogP contribution < -0.4 is 4.74 Å². The first kappa shape index (κ1) is 14.1. The van der Waals surface area contributed by atoms with E-state index in [-0.39, 0.29) is 5.92 Å². The molecular weight excluding hydrogens is 283 g/mol. The SMILES string of the molecule is Cc1ccc(Cl)cc1Oc1ncnc(Cl)c1C(C)C. The Labute approximate surface area is 122 Å². The zero-order chi connectivity index (χ0) is 14.0. The summed E-state index contributed by atoms with van der Waals surface area (Å²) in [4.78, 5) is 8.16. The van der Waals surface area contributed by atoms with Gasteiger partial charge in [-0.1, -0.05) is 43.1 Å². The summed E-state index contributed by atoms with van der Waals surface area (Å²) in [5.41, 5.74) is 1.78. The molecule has 100 valence electrons. The molecule has 2 aromatic rings. The van der Waals surface area contributed by atoms with Crippen LogP contribution in [0.4, 0.5) is 0 Å². The van der Waals surface area contributed by atoms with E-state index < -0.39 is 0 Å². The molecule has 0 saturated carbocycles. The standard InChI is InChI=1S/C14H14Cl2N2O/c1-8(2)12-13(16)17-7-18-14(12)19-11-6-10(15)5-4-9(11)3/h4-8H,1-3H3. The van der Waals surface area contributed by atoms with E-state index in [0.717, 1.165) is 11.1 Å². The van der Waals surface area contributed by atoms with Crippen molar-refractivity contribution in [3.05, 3.63) is 45.8 Å². The van der Waals surface area contributed by atoms with Crippen LogP contribution >= 0.6 is 23.2 Å². The average Bonchev–Trinajstić information content (AvgIpc) is 2.33. The minimum Gasteiger partial charge on any atom is -0.438 e. The Morgan fingerprint density at radius 3 is 2.58 bits per heavy atom. The van der Waals surface area contributed by atoms with Crippen LogP contribution in [0.2, 0.25) is 10.2 Å². The third kappa shape index (κ3) is 3.17. The summed E-state index contributed by atoms with van der Waals surface area (Å²) < 4.78 is 5.84. The summed E-state index contributed by atoms with van der Waals surface area (Å²) >= 11 is 12.1. The van der Waals surface area contributed by atoms with Crippen molar-refractivity contribution in [1.82, 2.24) is 9.97 Å². The second kappa shape index (κ2) is 5.76. The average molecular weight is 297 g/mol. The lowest BCUT2D eigenvalue weighted by Gasteiger charge is -2.14. The molecule has 1 aromatic carbocycles. The van der Waals surface area contributed by atoms with Gasteiger partial charge in [0.1, 0.15) is 17.2 Å². The van der Waals surface area contributed by atoms with Crippen LogP contribution in [-0.2, 0) is 0 Å². The Kier molecular flexibility index (Phi) is 4.27. The van der Waals surface area contributed by atoms with Crippen molar-refractivity contribution in [3.8, 4) is 11.6 Å². The monoisotopic (exact) mass is 296 g/mol. The number of hydrogen-bond donors (Lipinski definition) is 0. The Bertz CT molecular complexity index is 600. The molecule has 0 atom stereocenters. The molecule has 1 aromatic heterocycles. The number of aryl methyl sites for hydroxylation is 1. The molecule has 0 saturated heterocycles. The Balaban J connectivity index is 2.44. The lowest BCUT2D eigenvalue weighted by molar-refractivity contribution is 0.448. The topological polar surface area (TPSA) is 35.0 Å². The third-order valence-corrected chi connectivity index (χ3v) is 3.27. The van der Waals surface area contributed by atoms with E-state index in [1.54, 1.807) is 6.07 Å². The van der Waals surface area contributed by atoms with Crippen LogP contribution in [0.5, 0.6) is 11.6 Å². The molecule has 2 rings (SSSR count). The number of nitrogens with zero attached hydrogens (tertiary/aromatic N) is 2. The van der Waals surface area contributed by atoms with Crippen LogP contribution in [-0.4, -0.2) is 9.97 Å². The van der Waals surface area contributed by atoms with Crippen molar-refractivity contribution in [3.63, 3.8) is 0 Å². The number of hydrogen-bond acceptors (Lipinski definition) is 3. The highest BCUT2D eigenvalue weighted by Gasteiger charge is 2.16. The summed E-state index contributed by atoms with van der Waals surface area (Å²) in [6, 6.07) is 5.48. The van der Waals surface area contributed by atoms with Gasteiger partial charge in [0.15, 0.2) is 0 Å². The molecule has 0 aliphatic rings. The minimum atomic E-state index is 0.170. The quantitative estimate of drug-likeness (QED) is 0.747. The van der Waals surface area contributed by atoms with Crippen molar-refractivity contribution >= 4 is 23.2 Å². The third-order valence-electron chi connectivity index (χ3n) is 2.73. The summed E-state index contributed by atoms with van der Waals surface area (Å²) in [6.07, 6.45) is 1.39. The number of aromatic nitrogens is 2. The lowest BCUT2D eigenvalue weighted by Crippen LogP contribution is -2.00. The molecule has 0 unspecified atom stereocenters. The highest BCUT2D eigenvalue weighted by molar-refractivity contribution is 6.30. The highest BCUT2D eigenvalue weighted by Crippen LogP contribution is 2.34. The van der Waals surface area contributed by atoms with Crippen LogP contribution in [0.1, 0.15) is 30.9 Å². The van der Waals surface area contributed by atoms with E-state index in [1.807, 2.05) is 32.9 Å². The van der Waals surface area contributed by atoms with E-state index >= 15 is 0 Å². The van der Waals surface area contributed by atoms with E-state index in [1.165, 1.54) is 6.33 Å². The second-order valence-corrected chi connectivity index (χ2v) is 5.34. The van der Waals surface area contributed by atoms with Gasteiger partial charge >= 0.3 is 0 Å². The molecule has 0 amide bonds. The maximum absolute atomic E-state index is 6.10. The summed E-state index contributed by atoms with van der Waals surface area (Å²) in [6.45, 7) is 5.98. The fraction of sp³-hybridized carbons (Fsp3) is 0.286. The van der Waals surface area contributed by atoms with Crippen LogP contribution in [0.25, 0.3) is 0 Å². The molecule has 19 heavy (non-hydrogen) atoms. The zero-order valence-corrected chi connectivity index (χ0v) is 12.5. The van der Waals surface area contributed by atoms with E-state index in [9.17, 15) is 0 Å². The molecule has 3 nitrogen and oxygen atoms in total. The predicted octanol–water partition coefficient (Wildman–Crippen LogP) is 5.01. The number of benzene rings is 1. The van der Waals surface area contributed by atoms with Crippen LogP contribution in [0.3, 0.4) is 0 Å². The Morgan fingerprint density at radius 2 is 1.89 bits per heavy atom. The van der Waals surface area contributed by atoms with Gasteiger partial charge < -0.3 is 4.74 Å². The van der Waals surface area contributed by atoms with Gasteiger partial charge in [0.2, 0.25) is 5.88 Å². The minimum absolute atomic E-state index is 0.170. The van der Waals surface area contributed by atoms with Gasteiger partial charge in [-0.15, -0.1) is 0 Å². The molecule has 0 aliphatic heterocycles. The number of rotatable bonds is 3. The van der Waals surface area contributed by atoms with Crippen molar-refractivity contribution in [2.75, 3.05) is 0 Å². The Morgan fingerprint density at radius 1 is 1.16 bits per heavy atom. The van der Waals surface area contributed by atoms with Gasteiger partial charge in [0.05, 0.1) is 5.56 Å². The van der Waals surface area contributed by atoms with Crippen molar-refractivity contribution < 1.29 is 4.74 Å². The van der Waals surface area contributed by atoms with Crippen molar-refractivity contribution in [1.29, 1.82) is 0 Å². The molecule has 0 N–H and O–H groups in total. The summed E-state index contributed by atoms with van der Waals surface area (Å²) in [5.74, 6) is 1.31. The van der Waals surface area contributed by atoms with Crippen molar-refractivity contribution in [2.24, 2.45) is 0 Å². The van der Waals surface area contributed by atoms with E-state index in [0.29, 0.717) is 21.8 Å². The molecule has 1 heterocycles. The predicted molar refractivity (Wildman–Crippen MR) is 77.4 cm³/mol. The normalized spacial score (nSPS) is 10.8. The molecule has 0 fully saturated rings. The Hall–Kier alpha value is -1.32. The van der Waals surface area contributed by atoms with Gasteiger partial charge in [-0.25, -0.2) is 9.97 Å². The van der Waals surface area contributed by atoms with Gasteiger partial charge in [-0.05, 0) is 30.5 Å². The molecule has 0 radical (unpaired) electrons. The van der Waals surface area contributed by atoms with Gasteiger partial charge in [0.25, 0.3) is 0 Å². The molecule has 0 bridgehead atoms. The van der Waals surface area contributed by atoms with Crippen LogP contribution in [0.15, 0.2) is 24.5 Å². The molecule has 5 heteroatoms. The van der Waals surface area contributed by atoms with Gasteiger partial charge in [0, 0.05) is 5.02 Å². The summed E-state index contributed by atoms with van der Waals surface area (Å²) in [5, 5.41) is 1.03. The fourth-order valence-electron chi connectivity index (χ4n) is 1.71. The van der Waals surface area contributed by atoms with E-state index in [2.05, 4.69) is 9.97 Å². The van der Waals surface area contributed by atoms with E-state index in [4.69, 9.17) is 27.9 Å². The fourth-order valence-corrected chi connectivity index (χ4v) is 2.22. The first-order valence-electron chi connectivity index (χ1n) is 5.93. The zero-order valence-electron chi connectivity index (χ0n) is 10.9.